The van der Waals surface area contributed by atoms with Gasteiger partial charge in [-0.15, -0.1) is 5.10 Å². The Morgan fingerprint density at radius 2 is 2.20 bits per heavy atom. The highest BCUT2D eigenvalue weighted by Gasteiger charge is 2.17. The van der Waals surface area contributed by atoms with Crippen LogP contribution in [0.1, 0.15) is 31.4 Å². The fourth-order valence-electron chi connectivity index (χ4n) is 2.05. The van der Waals surface area contributed by atoms with Crippen LogP contribution in [0.5, 0.6) is 0 Å². The molecule has 0 radical (unpaired) electrons. The van der Waals surface area contributed by atoms with Crippen molar-refractivity contribution in [3.05, 3.63) is 11.9 Å². The van der Waals surface area contributed by atoms with E-state index in [4.69, 9.17) is 5.73 Å². The summed E-state index contributed by atoms with van der Waals surface area (Å²) >= 11 is 0. The molecule has 5 nitrogen and oxygen atoms in total. The Hall–Kier alpha value is -0.940. The highest BCUT2D eigenvalue weighted by molar-refractivity contribution is 4.92. The van der Waals surface area contributed by atoms with Crippen molar-refractivity contribution in [2.75, 3.05) is 0 Å². The van der Waals surface area contributed by atoms with E-state index in [-0.39, 0.29) is 0 Å². The van der Waals surface area contributed by atoms with Crippen molar-refractivity contribution in [2.24, 2.45) is 12.8 Å². The molecule has 0 unspecified atom stereocenters. The molecule has 0 atom stereocenters. The second-order valence-electron chi connectivity index (χ2n) is 4.38. The monoisotopic (exact) mass is 209 g/mol. The first-order valence-electron chi connectivity index (χ1n) is 5.58. The maximum atomic E-state index is 5.85. The molecule has 5 heteroatoms. The summed E-state index contributed by atoms with van der Waals surface area (Å²) in [5.41, 5.74) is 6.86. The number of hydrogen-bond acceptors (Lipinski definition) is 4. The summed E-state index contributed by atoms with van der Waals surface area (Å²) in [6.07, 6.45) is 6.58. The topological polar surface area (TPSA) is 68.8 Å². The predicted octanol–water partition coefficient (Wildman–Crippen LogP) is 0.175. The first kappa shape index (κ1) is 10.6. The molecular formula is C10H19N5. The van der Waals surface area contributed by atoms with E-state index < -0.39 is 0 Å². The first-order chi connectivity index (χ1) is 7.24. The first-order valence-corrected chi connectivity index (χ1v) is 5.58. The Morgan fingerprint density at radius 3 is 2.80 bits per heavy atom. The lowest BCUT2D eigenvalue weighted by molar-refractivity contribution is 0.341. The van der Waals surface area contributed by atoms with E-state index in [1.165, 1.54) is 12.8 Å². The Morgan fingerprint density at radius 1 is 1.47 bits per heavy atom. The highest BCUT2D eigenvalue weighted by atomic mass is 15.4. The van der Waals surface area contributed by atoms with Gasteiger partial charge in [-0.1, -0.05) is 5.21 Å². The van der Waals surface area contributed by atoms with Crippen LogP contribution in [0.2, 0.25) is 0 Å². The van der Waals surface area contributed by atoms with E-state index in [1.54, 1.807) is 4.68 Å². The molecule has 1 saturated carbocycles. The van der Waals surface area contributed by atoms with Crippen LogP contribution in [-0.4, -0.2) is 27.1 Å². The average Bonchev–Trinajstić information content (AvgIpc) is 2.64. The van der Waals surface area contributed by atoms with Crippen LogP contribution in [-0.2, 0) is 13.6 Å². The van der Waals surface area contributed by atoms with Crippen molar-refractivity contribution in [1.82, 2.24) is 20.3 Å². The van der Waals surface area contributed by atoms with Gasteiger partial charge in [-0.2, -0.15) is 0 Å². The number of nitrogens with two attached hydrogens (primary N) is 1. The fourth-order valence-corrected chi connectivity index (χ4v) is 2.05. The molecule has 0 saturated heterocycles. The summed E-state index contributed by atoms with van der Waals surface area (Å²) in [4.78, 5) is 0. The summed E-state index contributed by atoms with van der Waals surface area (Å²) < 4.78 is 1.73. The fraction of sp³-hybridized carbons (Fsp3) is 0.800. The Kier molecular flexibility index (Phi) is 3.33. The van der Waals surface area contributed by atoms with E-state index in [2.05, 4.69) is 15.6 Å². The second kappa shape index (κ2) is 4.72. The summed E-state index contributed by atoms with van der Waals surface area (Å²) in [5, 5.41) is 11.4. The van der Waals surface area contributed by atoms with E-state index in [1.807, 2.05) is 13.2 Å². The number of nitrogens with zero attached hydrogens (tertiary/aromatic N) is 3. The molecule has 0 bridgehead atoms. The number of aromatic nitrogens is 3. The lowest BCUT2D eigenvalue weighted by Gasteiger charge is -2.26. The molecule has 15 heavy (non-hydrogen) atoms. The standard InChI is InChI=1S/C10H19N5/c1-15-7-10(13-14-15)6-12-9-4-2-8(11)3-5-9/h7-9,12H,2-6,11H2,1H3. The molecular weight excluding hydrogens is 190 g/mol. The van der Waals surface area contributed by atoms with Crippen LogP contribution in [0.3, 0.4) is 0 Å². The van der Waals surface area contributed by atoms with Gasteiger partial charge in [0.05, 0.1) is 5.69 Å². The zero-order valence-corrected chi connectivity index (χ0v) is 9.19. The van der Waals surface area contributed by atoms with Gasteiger partial charge in [0.25, 0.3) is 0 Å². The molecule has 2 rings (SSSR count). The molecule has 0 spiro atoms. The van der Waals surface area contributed by atoms with Gasteiger partial charge in [-0.05, 0) is 25.7 Å². The van der Waals surface area contributed by atoms with Crippen LogP contribution in [0.4, 0.5) is 0 Å². The third kappa shape index (κ3) is 3.00. The minimum Gasteiger partial charge on any atom is -0.328 e. The minimum absolute atomic E-state index is 0.416. The molecule has 0 aromatic carbocycles. The minimum atomic E-state index is 0.416. The van der Waals surface area contributed by atoms with Gasteiger partial charge in [0.1, 0.15) is 0 Å². The largest absolute Gasteiger partial charge is 0.328 e. The summed E-state index contributed by atoms with van der Waals surface area (Å²) in [7, 11) is 1.89. The molecule has 1 aromatic heterocycles. The van der Waals surface area contributed by atoms with Crippen LogP contribution in [0.25, 0.3) is 0 Å². The van der Waals surface area contributed by atoms with Crippen LogP contribution in [0.15, 0.2) is 6.20 Å². The third-order valence-corrected chi connectivity index (χ3v) is 2.99. The van der Waals surface area contributed by atoms with E-state index >= 15 is 0 Å². The molecule has 1 aromatic rings. The van der Waals surface area contributed by atoms with Crippen molar-refractivity contribution < 1.29 is 0 Å². The Bertz CT molecular complexity index is 301. The van der Waals surface area contributed by atoms with Crippen molar-refractivity contribution >= 4 is 0 Å². The zero-order valence-electron chi connectivity index (χ0n) is 9.19. The van der Waals surface area contributed by atoms with Gasteiger partial charge in [0.15, 0.2) is 0 Å². The van der Waals surface area contributed by atoms with Gasteiger partial charge in [0, 0.05) is 31.9 Å². The van der Waals surface area contributed by atoms with Gasteiger partial charge in [0.2, 0.25) is 0 Å². The maximum absolute atomic E-state index is 5.85. The molecule has 0 amide bonds. The highest BCUT2D eigenvalue weighted by Crippen LogP contribution is 2.17. The maximum Gasteiger partial charge on any atom is 0.0964 e. The van der Waals surface area contributed by atoms with Gasteiger partial charge in [-0.25, -0.2) is 0 Å². The Labute approximate surface area is 90.0 Å². The molecule has 1 aliphatic carbocycles. The lowest BCUT2D eigenvalue weighted by Crippen LogP contribution is -2.37. The lowest BCUT2D eigenvalue weighted by atomic mass is 9.92. The van der Waals surface area contributed by atoms with Gasteiger partial charge < -0.3 is 11.1 Å². The summed E-state index contributed by atoms with van der Waals surface area (Å²) in [6, 6.07) is 1.02. The molecule has 3 N–H and O–H groups in total. The predicted molar refractivity (Wildman–Crippen MR) is 58.1 cm³/mol. The summed E-state index contributed by atoms with van der Waals surface area (Å²) in [5.74, 6) is 0. The van der Waals surface area contributed by atoms with E-state index in [0.717, 1.165) is 25.1 Å². The van der Waals surface area contributed by atoms with Crippen molar-refractivity contribution in [2.45, 2.75) is 44.3 Å². The molecule has 1 heterocycles. The normalized spacial score (nSPS) is 26.8. The smallest absolute Gasteiger partial charge is 0.0964 e. The van der Waals surface area contributed by atoms with Crippen LogP contribution >= 0.6 is 0 Å². The van der Waals surface area contributed by atoms with Gasteiger partial charge >= 0.3 is 0 Å². The van der Waals surface area contributed by atoms with Crippen molar-refractivity contribution in [3.63, 3.8) is 0 Å². The molecule has 1 fully saturated rings. The average molecular weight is 209 g/mol. The number of rotatable bonds is 3. The number of nitrogens with one attached hydrogen (secondary N) is 1. The zero-order chi connectivity index (χ0) is 10.7. The number of hydrogen-bond donors (Lipinski definition) is 2. The van der Waals surface area contributed by atoms with Crippen molar-refractivity contribution in [1.29, 1.82) is 0 Å². The van der Waals surface area contributed by atoms with Crippen LogP contribution < -0.4 is 11.1 Å². The molecule has 0 aliphatic heterocycles. The second-order valence-corrected chi connectivity index (χ2v) is 4.38. The molecule has 84 valence electrons. The van der Waals surface area contributed by atoms with E-state index in [9.17, 15) is 0 Å². The summed E-state index contributed by atoms with van der Waals surface area (Å²) in [6.45, 7) is 0.813. The molecule has 1 aliphatic rings. The third-order valence-electron chi connectivity index (χ3n) is 2.99. The van der Waals surface area contributed by atoms with Crippen molar-refractivity contribution in [3.8, 4) is 0 Å². The number of aryl methyl sites for hydroxylation is 1. The SMILES string of the molecule is Cn1cc(CNC2CCC(N)CC2)nn1. The van der Waals surface area contributed by atoms with E-state index in [0.29, 0.717) is 12.1 Å². The van der Waals surface area contributed by atoms with Gasteiger partial charge in [-0.3, -0.25) is 4.68 Å². The quantitative estimate of drug-likeness (QED) is 0.745. The Balaban J connectivity index is 1.74. The van der Waals surface area contributed by atoms with Crippen LogP contribution in [0, 0.1) is 0 Å².